The van der Waals surface area contributed by atoms with Gasteiger partial charge in [0.1, 0.15) is 0 Å². The van der Waals surface area contributed by atoms with Gasteiger partial charge in [-0.3, -0.25) is 9.59 Å². The minimum atomic E-state index is -0.129. The van der Waals surface area contributed by atoms with Gasteiger partial charge in [0.15, 0.2) is 0 Å². The first-order valence-corrected chi connectivity index (χ1v) is 5.55. The zero-order valence-corrected chi connectivity index (χ0v) is 9.15. The molecule has 0 saturated carbocycles. The maximum Gasteiger partial charge on any atom is 0.240 e. The zero-order valence-electron chi connectivity index (χ0n) is 9.15. The van der Waals surface area contributed by atoms with Crippen LogP contribution >= 0.6 is 0 Å². The number of piperidine rings is 1. The van der Waals surface area contributed by atoms with Gasteiger partial charge in [0.05, 0.1) is 25.8 Å². The monoisotopic (exact) mass is 227 g/mol. The van der Waals surface area contributed by atoms with Gasteiger partial charge in [-0.1, -0.05) is 0 Å². The summed E-state index contributed by atoms with van der Waals surface area (Å²) in [5.41, 5.74) is 5.76. The Morgan fingerprint density at radius 1 is 1.56 bits per heavy atom. The zero-order chi connectivity index (χ0) is 11.5. The van der Waals surface area contributed by atoms with Crippen LogP contribution in [0.1, 0.15) is 12.8 Å². The molecule has 0 unspecified atom stereocenters. The maximum absolute atomic E-state index is 11.6. The minimum absolute atomic E-state index is 0.00228. The molecule has 0 aliphatic carbocycles. The Hall–Kier alpha value is -1.14. The second kappa shape index (κ2) is 4.80. The molecule has 2 aliphatic rings. The summed E-state index contributed by atoms with van der Waals surface area (Å²) >= 11 is 0. The van der Waals surface area contributed by atoms with Crippen LogP contribution in [-0.2, 0) is 14.3 Å². The molecule has 2 saturated heterocycles. The first kappa shape index (κ1) is 11.3. The van der Waals surface area contributed by atoms with E-state index in [4.69, 9.17) is 10.5 Å². The van der Waals surface area contributed by atoms with E-state index in [2.05, 4.69) is 5.32 Å². The van der Waals surface area contributed by atoms with E-state index in [0.717, 1.165) is 0 Å². The van der Waals surface area contributed by atoms with E-state index < -0.39 is 0 Å². The molecule has 90 valence electrons. The Bertz CT molecular complexity index is 291. The Morgan fingerprint density at radius 3 is 2.94 bits per heavy atom. The van der Waals surface area contributed by atoms with Gasteiger partial charge < -0.3 is 20.7 Å². The van der Waals surface area contributed by atoms with Gasteiger partial charge in [-0.25, -0.2) is 0 Å². The fourth-order valence-corrected chi connectivity index (χ4v) is 1.86. The number of nitrogens with one attached hydrogen (secondary N) is 1. The number of hydrogen-bond donors (Lipinski definition) is 2. The topological polar surface area (TPSA) is 84.7 Å². The number of rotatable bonds is 3. The van der Waals surface area contributed by atoms with Crippen molar-refractivity contribution < 1.29 is 14.3 Å². The average Bonchev–Trinajstić information content (AvgIpc) is 2.18. The second-order valence-corrected chi connectivity index (χ2v) is 4.37. The predicted molar refractivity (Wildman–Crippen MR) is 56.5 cm³/mol. The van der Waals surface area contributed by atoms with Crippen LogP contribution in [-0.4, -0.2) is 55.1 Å². The Morgan fingerprint density at radius 2 is 2.31 bits per heavy atom. The highest BCUT2D eigenvalue weighted by Gasteiger charge is 2.26. The van der Waals surface area contributed by atoms with Gasteiger partial charge in [-0.2, -0.15) is 0 Å². The Kier molecular flexibility index (Phi) is 3.40. The minimum Gasteiger partial charge on any atom is -0.377 e. The van der Waals surface area contributed by atoms with Crippen molar-refractivity contribution in [3.63, 3.8) is 0 Å². The van der Waals surface area contributed by atoms with Gasteiger partial charge in [0.25, 0.3) is 0 Å². The van der Waals surface area contributed by atoms with Crippen LogP contribution < -0.4 is 11.1 Å². The summed E-state index contributed by atoms with van der Waals surface area (Å²) in [6.07, 6.45) is 1.16. The largest absolute Gasteiger partial charge is 0.377 e. The van der Waals surface area contributed by atoms with Gasteiger partial charge >= 0.3 is 0 Å². The van der Waals surface area contributed by atoms with E-state index in [1.807, 2.05) is 0 Å². The molecule has 0 aromatic rings. The van der Waals surface area contributed by atoms with Crippen molar-refractivity contribution in [3.8, 4) is 0 Å². The molecule has 6 nitrogen and oxygen atoms in total. The molecule has 1 atom stereocenters. The van der Waals surface area contributed by atoms with Crippen molar-refractivity contribution in [2.75, 3.05) is 26.3 Å². The Balaban J connectivity index is 1.77. The number of nitrogens with zero attached hydrogens (tertiary/aromatic N) is 1. The third-order valence-electron chi connectivity index (χ3n) is 2.87. The molecule has 2 rings (SSSR count). The number of amides is 2. The summed E-state index contributed by atoms with van der Waals surface area (Å²) in [6.45, 7) is 1.73. The van der Waals surface area contributed by atoms with Crippen LogP contribution in [0.2, 0.25) is 0 Å². The van der Waals surface area contributed by atoms with Gasteiger partial charge in [-0.15, -0.1) is 0 Å². The van der Waals surface area contributed by atoms with Crippen LogP contribution in [0.3, 0.4) is 0 Å². The van der Waals surface area contributed by atoms with E-state index in [1.54, 1.807) is 0 Å². The number of hydrogen-bond acceptors (Lipinski definition) is 4. The molecule has 16 heavy (non-hydrogen) atoms. The molecule has 2 amide bonds. The van der Waals surface area contributed by atoms with E-state index in [0.29, 0.717) is 32.6 Å². The quantitative estimate of drug-likeness (QED) is 0.611. The van der Waals surface area contributed by atoms with E-state index in [1.165, 1.54) is 4.90 Å². The van der Waals surface area contributed by atoms with E-state index in [-0.39, 0.29) is 30.4 Å². The fraction of sp³-hybridized carbons (Fsp3) is 0.800. The van der Waals surface area contributed by atoms with Gasteiger partial charge in [0, 0.05) is 19.0 Å². The normalized spacial score (nSPS) is 26.4. The summed E-state index contributed by atoms with van der Waals surface area (Å²) < 4.78 is 4.95. The summed E-state index contributed by atoms with van der Waals surface area (Å²) in [7, 11) is 0. The predicted octanol–water partition coefficient (Wildman–Crippen LogP) is -1.55. The summed E-state index contributed by atoms with van der Waals surface area (Å²) in [5.74, 6) is -0.113. The molecule has 0 bridgehead atoms. The van der Waals surface area contributed by atoms with Crippen molar-refractivity contribution in [3.05, 3.63) is 0 Å². The van der Waals surface area contributed by atoms with E-state index >= 15 is 0 Å². The highest BCUT2D eigenvalue weighted by atomic mass is 16.5. The van der Waals surface area contributed by atoms with Crippen molar-refractivity contribution in [1.29, 1.82) is 0 Å². The lowest BCUT2D eigenvalue weighted by atomic mass is 10.1. The van der Waals surface area contributed by atoms with Crippen LogP contribution in [0.15, 0.2) is 0 Å². The van der Waals surface area contributed by atoms with Gasteiger partial charge in [-0.05, 0) is 6.42 Å². The van der Waals surface area contributed by atoms with Crippen molar-refractivity contribution in [2.45, 2.75) is 24.9 Å². The second-order valence-electron chi connectivity index (χ2n) is 4.37. The van der Waals surface area contributed by atoms with Crippen LogP contribution in [0.4, 0.5) is 0 Å². The van der Waals surface area contributed by atoms with Crippen LogP contribution in [0.25, 0.3) is 0 Å². The lowest BCUT2D eigenvalue weighted by Crippen LogP contribution is -2.54. The molecule has 0 aromatic heterocycles. The third-order valence-corrected chi connectivity index (χ3v) is 2.87. The molecule has 0 spiro atoms. The standard InChI is InChI=1S/C10H17N3O3/c11-7-1-2-10(15)13(3-7)4-9(14)12-8-5-16-6-8/h7-8H,1-6,11H2,(H,12,14)/t7-/m0/s1. The lowest BCUT2D eigenvalue weighted by molar-refractivity contribution is -0.139. The molecular weight excluding hydrogens is 210 g/mol. The SMILES string of the molecule is N[C@H]1CCC(=O)N(CC(=O)NC2COC2)C1. The molecule has 2 aliphatic heterocycles. The molecular formula is C10H17N3O3. The fourth-order valence-electron chi connectivity index (χ4n) is 1.86. The highest BCUT2D eigenvalue weighted by molar-refractivity contribution is 5.85. The first-order valence-electron chi connectivity index (χ1n) is 5.55. The molecule has 0 radical (unpaired) electrons. The van der Waals surface area contributed by atoms with Crippen molar-refractivity contribution in [1.82, 2.24) is 10.2 Å². The molecule has 6 heteroatoms. The van der Waals surface area contributed by atoms with Crippen LogP contribution in [0.5, 0.6) is 0 Å². The molecule has 2 fully saturated rings. The van der Waals surface area contributed by atoms with Crippen molar-refractivity contribution in [2.24, 2.45) is 5.73 Å². The average molecular weight is 227 g/mol. The van der Waals surface area contributed by atoms with Crippen molar-refractivity contribution >= 4 is 11.8 Å². The summed E-state index contributed by atoms with van der Waals surface area (Å²) in [6, 6.07) is 0.110. The summed E-state index contributed by atoms with van der Waals surface area (Å²) in [5, 5.41) is 2.80. The number of carbonyl (C=O) groups is 2. The van der Waals surface area contributed by atoms with E-state index in [9.17, 15) is 9.59 Å². The summed E-state index contributed by atoms with van der Waals surface area (Å²) in [4.78, 5) is 24.6. The molecule has 0 aromatic carbocycles. The maximum atomic E-state index is 11.6. The van der Waals surface area contributed by atoms with Crippen LogP contribution in [0, 0.1) is 0 Å². The number of nitrogens with two attached hydrogens (primary N) is 1. The number of ether oxygens (including phenoxy) is 1. The first-order chi connectivity index (χ1) is 7.65. The number of carbonyl (C=O) groups excluding carboxylic acids is 2. The highest BCUT2D eigenvalue weighted by Crippen LogP contribution is 2.09. The lowest BCUT2D eigenvalue weighted by Gasteiger charge is -2.32. The molecule has 2 heterocycles. The van der Waals surface area contributed by atoms with Gasteiger partial charge in [0.2, 0.25) is 11.8 Å². The Labute approximate surface area is 94.1 Å². The smallest absolute Gasteiger partial charge is 0.240 e. The number of likely N-dealkylation sites (tertiary alicyclic amines) is 1. The molecule has 3 N–H and O–H groups in total. The third kappa shape index (κ3) is 2.70.